The van der Waals surface area contributed by atoms with E-state index in [9.17, 15) is 25.0 Å². The highest BCUT2D eigenvalue weighted by atomic mass is 127. The zero-order chi connectivity index (χ0) is 15.6. The Labute approximate surface area is 130 Å². The second kappa shape index (κ2) is 5.95. The highest BCUT2D eigenvalue weighted by Gasteiger charge is 2.20. The van der Waals surface area contributed by atoms with Crippen LogP contribution in [-0.4, -0.2) is 19.6 Å². The molecule has 0 saturated heterocycles. The molecule has 0 fully saturated rings. The quantitative estimate of drug-likeness (QED) is 0.436. The Hall–Kier alpha value is -2.37. The first kappa shape index (κ1) is 15.0. The van der Waals surface area contributed by atoms with Gasteiger partial charge in [-0.3, -0.25) is 25.0 Å². The predicted molar refractivity (Wildman–Crippen MR) is 80.1 cm³/mol. The second-order valence-electron chi connectivity index (χ2n) is 4.00. The van der Waals surface area contributed by atoms with E-state index in [0.717, 1.165) is 16.8 Å². The summed E-state index contributed by atoms with van der Waals surface area (Å²) in [5, 5.41) is 25.5. The third kappa shape index (κ3) is 3.39. The first-order valence-corrected chi connectivity index (χ1v) is 6.61. The van der Waals surface area contributed by atoms with Crippen molar-refractivity contribution in [2.24, 2.45) is 0 Å². The van der Waals surface area contributed by atoms with Crippen molar-refractivity contribution in [3.8, 4) is 0 Å². The van der Waals surface area contributed by atoms with Crippen LogP contribution < -0.4 is 5.56 Å². The number of halogens is 1. The van der Waals surface area contributed by atoms with E-state index in [4.69, 9.17) is 0 Å². The van der Waals surface area contributed by atoms with Crippen molar-refractivity contribution in [2.75, 3.05) is 0 Å². The number of nitro groups is 2. The van der Waals surface area contributed by atoms with Crippen LogP contribution in [0.3, 0.4) is 0 Å². The van der Waals surface area contributed by atoms with E-state index in [1.165, 1.54) is 18.3 Å². The lowest BCUT2D eigenvalue weighted by Crippen LogP contribution is -2.23. The van der Waals surface area contributed by atoms with Gasteiger partial charge in [-0.2, -0.15) is 5.10 Å². The highest BCUT2D eigenvalue weighted by molar-refractivity contribution is 14.1. The molecule has 0 aliphatic heterocycles. The fourth-order valence-corrected chi connectivity index (χ4v) is 2.05. The Balaban J connectivity index is 2.46. The molecule has 0 bridgehead atoms. The van der Waals surface area contributed by atoms with E-state index in [0.29, 0.717) is 3.57 Å². The normalized spacial score (nSPS) is 10.3. The minimum absolute atomic E-state index is 0.135. The van der Waals surface area contributed by atoms with Crippen LogP contribution in [0.15, 0.2) is 35.3 Å². The SMILES string of the molecule is O=c1cc(I)cnn1Cc1ccc([N+](=O)[O-])cc1[N+](=O)[O-]. The summed E-state index contributed by atoms with van der Waals surface area (Å²) >= 11 is 1.92. The summed E-state index contributed by atoms with van der Waals surface area (Å²) in [7, 11) is 0. The fourth-order valence-electron chi connectivity index (χ4n) is 1.66. The highest BCUT2D eigenvalue weighted by Crippen LogP contribution is 2.24. The van der Waals surface area contributed by atoms with Crippen LogP contribution in [0.5, 0.6) is 0 Å². The molecule has 9 nitrogen and oxygen atoms in total. The number of aromatic nitrogens is 2. The van der Waals surface area contributed by atoms with Crippen LogP contribution in [-0.2, 0) is 6.54 Å². The molecular weight excluding hydrogens is 395 g/mol. The lowest BCUT2D eigenvalue weighted by Gasteiger charge is -2.05. The molecule has 1 heterocycles. The zero-order valence-corrected chi connectivity index (χ0v) is 12.5. The van der Waals surface area contributed by atoms with E-state index in [1.807, 2.05) is 22.6 Å². The maximum atomic E-state index is 11.7. The number of non-ortho nitro benzene ring substituents is 1. The van der Waals surface area contributed by atoms with Gasteiger partial charge < -0.3 is 0 Å². The monoisotopic (exact) mass is 402 g/mol. The van der Waals surface area contributed by atoms with Gasteiger partial charge >= 0.3 is 0 Å². The Morgan fingerprint density at radius 2 is 1.90 bits per heavy atom. The lowest BCUT2D eigenvalue weighted by molar-refractivity contribution is -0.394. The smallest absolute Gasteiger partial charge is 0.268 e. The molecule has 0 atom stereocenters. The van der Waals surface area contributed by atoms with Crippen molar-refractivity contribution >= 4 is 34.0 Å². The molecule has 10 heteroatoms. The molecular formula is C11H7IN4O5. The van der Waals surface area contributed by atoms with E-state index >= 15 is 0 Å². The van der Waals surface area contributed by atoms with Crippen LogP contribution in [0.4, 0.5) is 11.4 Å². The maximum absolute atomic E-state index is 11.7. The number of benzene rings is 1. The topological polar surface area (TPSA) is 121 Å². The molecule has 0 unspecified atom stereocenters. The van der Waals surface area contributed by atoms with Gasteiger partial charge in [0.25, 0.3) is 16.9 Å². The summed E-state index contributed by atoms with van der Waals surface area (Å²) in [6.45, 7) is -0.135. The molecule has 21 heavy (non-hydrogen) atoms. The number of rotatable bonds is 4. The van der Waals surface area contributed by atoms with Gasteiger partial charge in [-0.1, -0.05) is 0 Å². The average molecular weight is 402 g/mol. The van der Waals surface area contributed by atoms with E-state index in [1.54, 1.807) is 0 Å². The Bertz CT molecular complexity index is 788. The largest absolute Gasteiger partial charge is 0.281 e. The van der Waals surface area contributed by atoms with Crippen molar-refractivity contribution in [1.82, 2.24) is 9.78 Å². The van der Waals surface area contributed by atoms with Gasteiger partial charge in [0.1, 0.15) is 0 Å². The van der Waals surface area contributed by atoms with E-state index in [2.05, 4.69) is 5.10 Å². The third-order valence-electron chi connectivity index (χ3n) is 2.63. The molecule has 2 aromatic rings. The number of hydrogen-bond donors (Lipinski definition) is 0. The van der Waals surface area contributed by atoms with Crippen LogP contribution >= 0.6 is 22.6 Å². The zero-order valence-electron chi connectivity index (χ0n) is 10.3. The second-order valence-corrected chi connectivity index (χ2v) is 5.24. The molecule has 0 saturated carbocycles. The number of nitrogens with zero attached hydrogens (tertiary/aromatic N) is 4. The number of nitro benzene ring substituents is 2. The summed E-state index contributed by atoms with van der Waals surface area (Å²) in [4.78, 5) is 31.9. The molecule has 108 valence electrons. The van der Waals surface area contributed by atoms with Crippen molar-refractivity contribution in [3.05, 3.63) is 70.2 Å². The van der Waals surface area contributed by atoms with Gasteiger partial charge in [-0.15, -0.1) is 0 Å². The van der Waals surface area contributed by atoms with Gasteiger partial charge in [-0.25, -0.2) is 4.68 Å². The third-order valence-corrected chi connectivity index (χ3v) is 3.22. The Kier molecular flexibility index (Phi) is 4.26. The Morgan fingerprint density at radius 1 is 1.19 bits per heavy atom. The lowest BCUT2D eigenvalue weighted by atomic mass is 10.1. The minimum Gasteiger partial charge on any atom is -0.268 e. The van der Waals surface area contributed by atoms with Crippen molar-refractivity contribution < 1.29 is 9.85 Å². The molecule has 0 aliphatic carbocycles. The summed E-state index contributed by atoms with van der Waals surface area (Å²) in [6.07, 6.45) is 1.44. The van der Waals surface area contributed by atoms with Gasteiger partial charge in [0.15, 0.2) is 0 Å². The summed E-state index contributed by atoms with van der Waals surface area (Å²) in [5.41, 5.74) is -1.04. The van der Waals surface area contributed by atoms with E-state index in [-0.39, 0.29) is 17.8 Å². The molecule has 0 radical (unpaired) electrons. The molecule has 1 aromatic heterocycles. The van der Waals surface area contributed by atoms with Crippen LogP contribution in [0, 0.1) is 23.8 Å². The van der Waals surface area contributed by atoms with E-state index < -0.39 is 21.1 Å². The van der Waals surface area contributed by atoms with Gasteiger partial charge in [0.2, 0.25) is 0 Å². The average Bonchev–Trinajstić information content (AvgIpc) is 2.41. The molecule has 0 spiro atoms. The molecule has 1 aromatic carbocycles. The predicted octanol–water partition coefficient (Wildman–Crippen LogP) is 1.71. The van der Waals surface area contributed by atoms with Crippen LogP contribution in [0.25, 0.3) is 0 Å². The van der Waals surface area contributed by atoms with Gasteiger partial charge in [0.05, 0.1) is 34.2 Å². The molecule has 0 amide bonds. The van der Waals surface area contributed by atoms with Crippen LogP contribution in [0.2, 0.25) is 0 Å². The maximum Gasteiger partial charge on any atom is 0.281 e. The van der Waals surface area contributed by atoms with Crippen molar-refractivity contribution in [3.63, 3.8) is 0 Å². The standard InChI is InChI=1S/C11H7IN4O5/c12-8-3-11(17)14(13-5-8)6-7-1-2-9(15(18)19)4-10(7)16(20)21/h1-5H,6H2. The summed E-state index contributed by atoms with van der Waals surface area (Å²) in [5.74, 6) is 0. The summed E-state index contributed by atoms with van der Waals surface area (Å²) in [6, 6.07) is 4.61. The fraction of sp³-hybridized carbons (Fsp3) is 0.0909. The number of hydrogen-bond acceptors (Lipinski definition) is 6. The minimum atomic E-state index is -0.722. The van der Waals surface area contributed by atoms with Gasteiger partial charge in [-0.05, 0) is 28.7 Å². The first-order valence-electron chi connectivity index (χ1n) is 5.53. The van der Waals surface area contributed by atoms with Crippen molar-refractivity contribution in [1.29, 1.82) is 0 Å². The van der Waals surface area contributed by atoms with Crippen molar-refractivity contribution in [2.45, 2.75) is 6.54 Å². The Morgan fingerprint density at radius 3 is 2.48 bits per heavy atom. The summed E-state index contributed by atoms with van der Waals surface area (Å²) < 4.78 is 1.70. The first-order chi connectivity index (χ1) is 9.88. The molecule has 0 N–H and O–H groups in total. The molecule has 2 rings (SSSR count). The van der Waals surface area contributed by atoms with Crippen LogP contribution in [0.1, 0.15) is 5.56 Å². The van der Waals surface area contributed by atoms with Gasteiger partial charge in [0, 0.05) is 15.7 Å². The molecule has 0 aliphatic rings.